The lowest BCUT2D eigenvalue weighted by atomic mass is 9.96. The molecule has 0 aromatic heterocycles. The van der Waals surface area contributed by atoms with Gasteiger partial charge in [-0.1, -0.05) is 19.3 Å². The van der Waals surface area contributed by atoms with Crippen LogP contribution in [0.25, 0.3) is 0 Å². The van der Waals surface area contributed by atoms with Gasteiger partial charge in [0, 0.05) is 0 Å². The van der Waals surface area contributed by atoms with E-state index in [1.807, 2.05) is 0 Å². The fourth-order valence-electron chi connectivity index (χ4n) is 2.60. The Balaban J connectivity index is 2.25. The number of rotatable bonds is 4. The molecule has 1 fully saturated rings. The summed E-state index contributed by atoms with van der Waals surface area (Å²) in [4.78, 5) is 3.36. The van der Waals surface area contributed by atoms with Gasteiger partial charge in [-0.15, -0.1) is 0 Å². The van der Waals surface area contributed by atoms with E-state index in [4.69, 9.17) is 0 Å². The minimum atomic E-state index is 0.949. The number of nitrogens with one attached hydrogen (secondary N) is 2. The van der Waals surface area contributed by atoms with Crippen molar-refractivity contribution in [3.63, 3.8) is 0 Å². The van der Waals surface area contributed by atoms with E-state index in [1.165, 1.54) is 58.0 Å². The molecule has 1 saturated carbocycles. The Morgan fingerprint density at radius 1 is 0.800 bits per heavy atom. The number of likely N-dealkylation sites (N-methyl/N-ethyl adjacent to an activating group) is 2. The van der Waals surface area contributed by atoms with Gasteiger partial charge in [-0.25, -0.2) is 0 Å². The van der Waals surface area contributed by atoms with Crippen LogP contribution in [0.15, 0.2) is 0 Å². The van der Waals surface area contributed by atoms with Crippen molar-refractivity contribution >= 4 is 0 Å². The molecule has 90 valence electrons. The SMILES string of the molecule is C[NH+](C)CC[NH+](C)C1CCCCCCC1. The summed E-state index contributed by atoms with van der Waals surface area (Å²) in [5.41, 5.74) is 0. The Labute approximate surface area is 95.6 Å². The van der Waals surface area contributed by atoms with Crippen molar-refractivity contribution in [2.75, 3.05) is 34.2 Å². The van der Waals surface area contributed by atoms with E-state index >= 15 is 0 Å². The molecule has 0 aliphatic heterocycles. The molecule has 0 aromatic rings. The largest absolute Gasteiger partial charge is 0.335 e. The van der Waals surface area contributed by atoms with Crippen LogP contribution in [-0.4, -0.2) is 40.3 Å². The third-order valence-electron chi connectivity index (χ3n) is 3.82. The molecule has 2 N–H and O–H groups in total. The molecular weight excluding hydrogens is 184 g/mol. The van der Waals surface area contributed by atoms with Crippen LogP contribution >= 0.6 is 0 Å². The third kappa shape index (κ3) is 5.53. The second-order valence-corrected chi connectivity index (χ2v) is 5.60. The van der Waals surface area contributed by atoms with Crippen molar-refractivity contribution < 1.29 is 9.80 Å². The van der Waals surface area contributed by atoms with Crippen LogP contribution in [0.4, 0.5) is 0 Å². The average Bonchev–Trinajstić information content (AvgIpc) is 2.13. The molecule has 0 aromatic carbocycles. The molecule has 0 heterocycles. The zero-order chi connectivity index (χ0) is 11.1. The monoisotopic (exact) mass is 214 g/mol. The summed E-state index contributed by atoms with van der Waals surface area (Å²) in [5, 5.41) is 0. The van der Waals surface area contributed by atoms with E-state index in [0.29, 0.717) is 0 Å². The fourth-order valence-corrected chi connectivity index (χ4v) is 2.60. The van der Waals surface area contributed by atoms with Crippen molar-refractivity contribution in [1.29, 1.82) is 0 Å². The van der Waals surface area contributed by atoms with E-state index in [1.54, 1.807) is 9.80 Å². The molecular formula is C13H30N2+2. The van der Waals surface area contributed by atoms with E-state index in [-0.39, 0.29) is 0 Å². The highest BCUT2D eigenvalue weighted by atomic mass is 15.2. The molecule has 0 spiro atoms. The topological polar surface area (TPSA) is 8.88 Å². The molecule has 2 nitrogen and oxygen atoms in total. The van der Waals surface area contributed by atoms with Crippen LogP contribution < -0.4 is 9.80 Å². The second kappa shape index (κ2) is 7.24. The van der Waals surface area contributed by atoms with Gasteiger partial charge in [-0.3, -0.25) is 0 Å². The molecule has 0 bridgehead atoms. The van der Waals surface area contributed by atoms with Crippen LogP contribution in [0.5, 0.6) is 0 Å². The highest BCUT2D eigenvalue weighted by Gasteiger charge is 2.19. The molecule has 1 atom stereocenters. The van der Waals surface area contributed by atoms with E-state index in [2.05, 4.69) is 21.1 Å². The quantitative estimate of drug-likeness (QED) is 0.639. The lowest BCUT2D eigenvalue weighted by Gasteiger charge is -2.26. The summed E-state index contributed by atoms with van der Waals surface area (Å²) >= 11 is 0. The minimum absolute atomic E-state index is 0.949. The maximum atomic E-state index is 2.40. The van der Waals surface area contributed by atoms with Crippen molar-refractivity contribution in [2.24, 2.45) is 0 Å². The maximum absolute atomic E-state index is 2.40. The van der Waals surface area contributed by atoms with Crippen LogP contribution in [0.3, 0.4) is 0 Å². The Morgan fingerprint density at radius 2 is 1.33 bits per heavy atom. The van der Waals surface area contributed by atoms with Gasteiger partial charge in [-0.2, -0.15) is 0 Å². The van der Waals surface area contributed by atoms with Gasteiger partial charge < -0.3 is 9.80 Å². The van der Waals surface area contributed by atoms with Gasteiger partial charge in [0.2, 0.25) is 0 Å². The number of quaternary nitrogens is 2. The highest BCUT2D eigenvalue weighted by Crippen LogP contribution is 2.15. The second-order valence-electron chi connectivity index (χ2n) is 5.60. The van der Waals surface area contributed by atoms with Gasteiger partial charge >= 0.3 is 0 Å². The standard InChI is InChI=1S/C13H28N2/c1-14(2)11-12-15(3)13-9-7-5-4-6-8-10-13/h13H,4-12H2,1-3H3/p+2. The maximum Gasteiger partial charge on any atom is 0.127 e. The minimum Gasteiger partial charge on any atom is -0.335 e. The lowest BCUT2D eigenvalue weighted by Crippen LogP contribution is -3.18. The van der Waals surface area contributed by atoms with Gasteiger partial charge in [0.25, 0.3) is 0 Å². The molecule has 0 amide bonds. The lowest BCUT2D eigenvalue weighted by molar-refractivity contribution is -0.945. The molecule has 2 heteroatoms. The summed E-state index contributed by atoms with van der Waals surface area (Å²) in [7, 11) is 6.91. The van der Waals surface area contributed by atoms with Crippen molar-refractivity contribution in [2.45, 2.75) is 51.0 Å². The summed E-state index contributed by atoms with van der Waals surface area (Å²) in [5.74, 6) is 0. The van der Waals surface area contributed by atoms with E-state index < -0.39 is 0 Å². The molecule has 1 unspecified atom stereocenters. The Bertz CT molecular complexity index is 149. The first-order valence-electron chi connectivity index (χ1n) is 6.81. The van der Waals surface area contributed by atoms with E-state index in [9.17, 15) is 0 Å². The number of hydrogen-bond acceptors (Lipinski definition) is 0. The summed E-state index contributed by atoms with van der Waals surface area (Å²) in [6, 6.07) is 0.949. The zero-order valence-electron chi connectivity index (χ0n) is 10.9. The molecule has 15 heavy (non-hydrogen) atoms. The summed E-state index contributed by atoms with van der Waals surface area (Å²) in [6.07, 6.45) is 10.3. The fraction of sp³-hybridized carbons (Fsp3) is 1.00. The first-order chi connectivity index (χ1) is 7.20. The van der Waals surface area contributed by atoms with Gasteiger partial charge in [0.1, 0.15) is 13.1 Å². The van der Waals surface area contributed by atoms with Crippen LogP contribution in [0, 0.1) is 0 Å². The molecule has 0 saturated heterocycles. The normalized spacial score (nSPS) is 22.4. The van der Waals surface area contributed by atoms with E-state index in [0.717, 1.165) is 6.04 Å². The third-order valence-corrected chi connectivity index (χ3v) is 3.82. The van der Waals surface area contributed by atoms with Gasteiger partial charge in [0.05, 0.1) is 27.2 Å². The molecule has 1 aliphatic rings. The first kappa shape index (κ1) is 13.0. The predicted molar refractivity (Wildman–Crippen MR) is 65.5 cm³/mol. The van der Waals surface area contributed by atoms with Gasteiger partial charge in [-0.05, 0) is 25.7 Å². The average molecular weight is 214 g/mol. The van der Waals surface area contributed by atoms with Crippen LogP contribution in [-0.2, 0) is 0 Å². The zero-order valence-corrected chi connectivity index (χ0v) is 10.9. The van der Waals surface area contributed by atoms with Crippen molar-refractivity contribution in [1.82, 2.24) is 0 Å². The smallest absolute Gasteiger partial charge is 0.127 e. The van der Waals surface area contributed by atoms with Crippen LogP contribution in [0.2, 0.25) is 0 Å². The predicted octanol–water partition coefficient (Wildman–Crippen LogP) is -0.241. The molecule has 1 aliphatic carbocycles. The number of hydrogen-bond donors (Lipinski definition) is 2. The molecule has 1 rings (SSSR count). The summed E-state index contributed by atoms with van der Waals surface area (Å²) in [6.45, 7) is 2.65. The van der Waals surface area contributed by atoms with Crippen LogP contribution in [0.1, 0.15) is 44.9 Å². The first-order valence-corrected chi connectivity index (χ1v) is 6.81. The van der Waals surface area contributed by atoms with Crippen molar-refractivity contribution in [3.8, 4) is 0 Å². The Morgan fingerprint density at radius 3 is 1.87 bits per heavy atom. The Kier molecular flexibility index (Phi) is 6.26. The van der Waals surface area contributed by atoms with Crippen molar-refractivity contribution in [3.05, 3.63) is 0 Å². The summed E-state index contributed by atoms with van der Waals surface area (Å²) < 4.78 is 0. The van der Waals surface area contributed by atoms with Gasteiger partial charge in [0.15, 0.2) is 0 Å². The Hall–Kier alpha value is -0.0800. The highest BCUT2D eigenvalue weighted by molar-refractivity contribution is 4.61. The molecule has 0 radical (unpaired) electrons.